The first-order valence-corrected chi connectivity index (χ1v) is 6.67. The molecule has 2 fully saturated rings. The Balaban J connectivity index is 1.86. The minimum absolute atomic E-state index is 0.178. The minimum atomic E-state index is 0.178. The Labute approximate surface area is 103 Å². The first-order chi connectivity index (χ1) is 8.25. The van der Waals surface area contributed by atoms with Gasteiger partial charge in [0, 0.05) is 31.0 Å². The van der Waals surface area contributed by atoms with Crippen LogP contribution in [0.25, 0.3) is 0 Å². The second kappa shape index (κ2) is 4.39. The Kier molecular flexibility index (Phi) is 2.89. The van der Waals surface area contributed by atoms with Gasteiger partial charge in [0.15, 0.2) is 0 Å². The van der Waals surface area contributed by atoms with Crippen LogP contribution in [-0.4, -0.2) is 28.5 Å². The van der Waals surface area contributed by atoms with Crippen LogP contribution in [0.5, 0.6) is 0 Å². The summed E-state index contributed by atoms with van der Waals surface area (Å²) in [6.45, 7) is 3.36. The highest BCUT2D eigenvalue weighted by atomic mass is 15.2. The molecule has 4 unspecified atom stereocenters. The van der Waals surface area contributed by atoms with Crippen LogP contribution in [0.1, 0.15) is 37.8 Å². The molecule has 1 saturated carbocycles. The van der Waals surface area contributed by atoms with Crippen molar-refractivity contribution in [1.29, 1.82) is 0 Å². The average Bonchev–Trinajstić information content (AvgIpc) is 2.92. The fourth-order valence-electron chi connectivity index (χ4n) is 3.66. The molecule has 0 aromatic carbocycles. The van der Waals surface area contributed by atoms with Gasteiger partial charge in [0.05, 0.1) is 6.04 Å². The van der Waals surface area contributed by atoms with Crippen LogP contribution in [0.4, 0.5) is 0 Å². The molecule has 92 valence electrons. The Morgan fingerprint density at radius 3 is 2.65 bits per heavy atom. The first-order valence-electron chi connectivity index (χ1n) is 6.67. The van der Waals surface area contributed by atoms with Crippen LogP contribution >= 0.6 is 0 Å². The van der Waals surface area contributed by atoms with Gasteiger partial charge in [-0.15, -0.1) is 0 Å². The molecule has 0 spiro atoms. The monoisotopic (exact) mass is 231 g/mol. The summed E-state index contributed by atoms with van der Waals surface area (Å²) in [6.07, 6.45) is 7.91. The van der Waals surface area contributed by atoms with Crippen molar-refractivity contribution in [2.45, 2.75) is 44.3 Å². The number of rotatable bonds is 3. The molecule has 1 saturated heterocycles. The maximum atomic E-state index is 6.22. The number of nitrogens with zero attached hydrogens (tertiary/aromatic N) is 2. The summed E-state index contributed by atoms with van der Waals surface area (Å²) in [5.41, 5.74) is 7.54. The summed E-state index contributed by atoms with van der Waals surface area (Å²) in [6, 6.07) is 5.54. The van der Waals surface area contributed by atoms with Gasteiger partial charge in [0.1, 0.15) is 0 Å². The Morgan fingerprint density at radius 2 is 2.12 bits per heavy atom. The molecule has 3 rings (SSSR count). The van der Waals surface area contributed by atoms with E-state index in [9.17, 15) is 0 Å². The molecule has 2 heterocycles. The standard InChI is InChI=1S/C14H21N3/c1-10(15)14(12-4-6-16-7-5-12)17-9-11-2-3-13(17)8-11/h4-7,10-11,13-14H,2-3,8-9,15H2,1H3. The SMILES string of the molecule is CC(N)C(c1ccncc1)N1CC2CCC1C2. The van der Waals surface area contributed by atoms with E-state index in [0.717, 1.165) is 12.0 Å². The molecule has 1 aliphatic heterocycles. The molecule has 1 aromatic rings. The lowest BCUT2D eigenvalue weighted by molar-refractivity contribution is 0.133. The molecular formula is C14H21N3. The molecule has 3 nitrogen and oxygen atoms in total. The summed E-state index contributed by atoms with van der Waals surface area (Å²) in [7, 11) is 0. The topological polar surface area (TPSA) is 42.1 Å². The summed E-state index contributed by atoms with van der Waals surface area (Å²) in [5.74, 6) is 0.920. The van der Waals surface area contributed by atoms with Crippen molar-refractivity contribution in [1.82, 2.24) is 9.88 Å². The predicted molar refractivity (Wildman–Crippen MR) is 68.5 cm³/mol. The molecule has 17 heavy (non-hydrogen) atoms. The van der Waals surface area contributed by atoms with E-state index < -0.39 is 0 Å². The van der Waals surface area contributed by atoms with Crippen LogP contribution in [-0.2, 0) is 0 Å². The number of piperidine rings is 1. The Hall–Kier alpha value is -0.930. The molecule has 2 aliphatic rings. The van der Waals surface area contributed by atoms with E-state index in [-0.39, 0.29) is 6.04 Å². The zero-order chi connectivity index (χ0) is 11.8. The zero-order valence-electron chi connectivity index (χ0n) is 10.4. The molecule has 1 aromatic heterocycles. The van der Waals surface area contributed by atoms with Crippen molar-refractivity contribution in [3.8, 4) is 0 Å². The van der Waals surface area contributed by atoms with E-state index in [1.807, 2.05) is 12.4 Å². The van der Waals surface area contributed by atoms with Gasteiger partial charge in [-0.3, -0.25) is 9.88 Å². The number of pyridine rings is 1. The van der Waals surface area contributed by atoms with Gasteiger partial charge in [-0.25, -0.2) is 0 Å². The largest absolute Gasteiger partial charge is 0.326 e. The first kappa shape index (κ1) is 11.2. The maximum absolute atomic E-state index is 6.22. The fourth-order valence-corrected chi connectivity index (χ4v) is 3.66. The second-order valence-corrected chi connectivity index (χ2v) is 5.61. The zero-order valence-corrected chi connectivity index (χ0v) is 10.4. The number of hydrogen-bond donors (Lipinski definition) is 1. The van der Waals surface area contributed by atoms with E-state index in [1.165, 1.54) is 31.4 Å². The highest BCUT2D eigenvalue weighted by Gasteiger charge is 2.42. The van der Waals surface area contributed by atoms with Crippen molar-refractivity contribution in [2.24, 2.45) is 11.7 Å². The van der Waals surface area contributed by atoms with Crippen LogP contribution in [0.15, 0.2) is 24.5 Å². The molecule has 4 atom stereocenters. The summed E-state index contributed by atoms with van der Waals surface area (Å²) >= 11 is 0. The molecular weight excluding hydrogens is 210 g/mol. The maximum Gasteiger partial charge on any atom is 0.0500 e. The third kappa shape index (κ3) is 1.98. The highest BCUT2D eigenvalue weighted by molar-refractivity contribution is 5.18. The number of aromatic nitrogens is 1. The molecule has 2 bridgehead atoms. The van der Waals surface area contributed by atoms with E-state index in [0.29, 0.717) is 6.04 Å². The Morgan fingerprint density at radius 1 is 1.35 bits per heavy atom. The predicted octanol–water partition coefficient (Wildman–Crippen LogP) is 1.95. The van der Waals surface area contributed by atoms with Crippen molar-refractivity contribution in [3.63, 3.8) is 0 Å². The number of hydrogen-bond acceptors (Lipinski definition) is 3. The smallest absolute Gasteiger partial charge is 0.0500 e. The third-order valence-electron chi connectivity index (χ3n) is 4.35. The van der Waals surface area contributed by atoms with E-state index in [2.05, 4.69) is 28.9 Å². The Bertz CT molecular complexity index is 376. The number of fused-ring (bicyclic) bond motifs is 2. The lowest BCUT2D eigenvalue weighted by atomic mass is 9.97. The van der Waals surface area contributed by atoms with Gasteiger partial charge in [-0.05, 0) is 49.8 Å². The van der Waals surface area contributed by atoms with Gasteiger partial charge in [-0.1, -0.05) is 0 Å². The number of nitrogens with two attached hydrogens (primary N) is 1. The molecule has 0 amide bonds. The molecule has 3 heteroatoms. The van der Waals surface area contributed by atoms with Crippen LogP contribution in [0.2, 0.25) is 0 Å². The number of likely N-dealkylation sites (tertiary alicyclic amines) is 1. The third-order valence-corrected chi connectivity index (χ3v) is 4.35. The quantitative estimate of drug-likeness (QED) is 0.864. The molecule has 1 aliphatic carbocycles. The van der Waals surface area contributed by atoms with Gasteiger partial charge in [0.2, 0.25) is 0 Å². The fraction of sp³-hybridized carbons (Fsp3) is 0.643. The summed E-state index contributed by atoms with van der Waals surface area (Å²) in [4.78, 5) is 6.74. The van der Waals surface area contributed by atoms with Gasteiger partial charge < -0.3 is 5.73 Å². The van der Waals surface area contributed by atoms with Crippen molar-refractivity contribution >= 4 is 0 Å². The minimum Gasteiger partial charge on any atom is -0.326 e. The van der Waals surface area contributed by atoms with Crippen LogP contribution < -0.4 is 5.73 Å². The van der Waals surface area contributed by atoms with Gasteiger partial charge in [0.25, 0.3) is 0 Å². The van der Waals surface area contributed by atoms with Gasteiger partial charge >= 0.3 is 0 Å². The van der Waals surface area contributed by atoms with Crippen molar-refractivity contribution < 1.29 is 0 Å². The summed E-state index contributed by atoms with van der Waals surface area (Å²) < 4.78 is 0. The highest BCUT2D eigenvalue weighted by Crippen LogP contribution is 2.42. The molecule has 0 radical (unpaired) electrons. The van der Waals surface area contributed by atoms with E-state index in [4.69, 9.17) is 5.73 Å². The van der Waals surface area contributed by atoms with Crippen LogP contribution in [0, 0.1) is 5.92 Å². The van der Waals surface area contributed by atoms with E-state index >= 15 is 0 Å². The van der Waals surface area contributed by atoms with Crippen LogP contribution in [0.3, 0.4) is 0 Å². The van der Waals surface area contributed by atoms with Crippen molar-refractivity contribution in [3.05, 3.63) is 30.1 Å². The van der Waals surface area contributed by atoms with Crippen molar-refractivity contribution in [2.75, 3.05) is 6.54 Å². The normalized spacial score (nSPS) is 31.6. The van der Waals surface area contributed by atoms with E-state index in [1.54, 1.807) is 0 Å². The average molecular weight is 231 g/mol. The molecule has 2 N–H and O–H groups in total. The lowest BCUT2D eigenvalue weighted by Gasteiger charge is -2.37. The lowest BCUT2D eigenvalue weighted by Crippen LogP contribution is -2.43. The summed E-state index contributed by atoms with van der Waals surface area (Å²) in [5, 5.41) is 0. The van der Waals surface area contributed by atoms with Gasteiger partial charge in [-0.2, -0.15) is 0 Å². The second-order valence-electron chi connectivity index (χ2n) is 5.61.